The van der Waals surface area contributed by atoms with Crippen LogP contribution in [-0.2, 0) is 28.9 Å². The largest absolute Gasteiger partial charge is 0.459 e. The van der Waals surface area contributed by atoms with Gasteiger partial charge >= 0.3 is 5.97 Å². The van der Waals surface area contributed by atoms with Crippen LogP contribution in [0.3, 0.4) is 0 Å². The zero-order valence-electron chi connectivity index (χ0n) is 16.4. The van der Waals surface area contributed by atoms with Crippen molar-refractivity contribution in [2.75, 3.05) is 0 Å². The topological polar surface area (TPSA) is 74.1 Å². The van der Waals surface area contributed by atoms with E-state index in [-0.39, 0.29) is 24.0 Å². The number of ether oxygens (including phenoxy) is 1. The number of nitrogens with zero attached hydrogens (tertiary/aromatic N) is 3. The molecule has 1 heterocycles. The number of benzene rings is 1. The fourth-order valence-electron chi connectivity index (χ4n) is 3.28. The molecule has 1 aromatic carbocycles. The van der Waals surface area contributed by atoms with E-state index in [9.17, 15) is 9.59 Å². The van der Waals surface area contributed by atoms with Crippen molar-refractivity contribution in [3.63, 3.8) is 0 Å². The molecule has 144 valence electrons. The Hall–Kier alpha value is -2.50. The smallest absolute Gasteiger partial charge is 0.328 e. The molecule has 0 amide bonds. The Morgan fingerprint density at radius 2 is 1.96 bits per heavy atom. The Morgan fingerprint density at radius 3 is 2.59 bits per heavy atom. The van der Waals surface area contributed by atoms with Crippen LogP contribution in [0.2, 0.25) is 0 Å². The van der Waals surface area contributed by atoms with Crippen molar-refractivity contribution in [2.24, 2.45) is 5.92 Å². The van der Waals surface area contributed by atoms with Crippen LogP contribution < -0.4 is 5.56 Å². The van der Waals surface area contributed by atoms with Gasteiger partial charge < -0.3 is 4.74 Å². The monoisotopic (exact) mass is 369 g/mol. The fraction of sp³-hybridized carbons (Fsp3) is 0.524. The van der Waals surface area contributed by atoms with Gasteiger partial charge in [0.2, 0.25) is 0 Å². The Balaban J connectivity index is 1.81. The molecule has 0 radical (unpaired) electrons. The molecule has 1 aromatic heterocycles. The molecule has 3 rings (SSSR count). The van der Waals surface area contributed by atoms with Gasteiger partial charge in [-0.25, -0.2) is 4.68 Å². The lowest BCUT2D eigenvalue weighted by atomic mass is 10.1. The number of aryl methyl sites for hydroxylation is 1. The predicted octanol–water partition coefficient (Wildman–Crippen LogP) is 2.89. The van der Waals surface area contributed by atoms with Crippen LogP contribution >= 0.6 is 0 Å². The number of aromatic nitrogens is 3. The number of rotatable bonds is 6. The van der Waals surface area contributed by atoms with Crippen molar-refractivity contribution in [2.45, 2.75) is 65.0 Å². The summed E-state index contributed by atoms with van der Waals surface area (Å²) in [5.74, 6) is 0.796. The van der Waals surface area contributed by atoms with E-state index in [1.54, 1.807) is 4.68 Å². The summed E-state index contributed by atoms with van der Waals surface area (Å²) < 4.78 is 6.99. The number of hydrogen-bond donors (Lipinski definition) is 0. The number of esters is 1. The lowest BCUT2D eigenvalue weighted by Crippen LogP contribution is -2.31. The quantitative estimate of drug-likeness (QED) is 0.732. The summed E-state index contributed by atoms with van der Waals surface area (Å²) in [5.41, 5.74) is 0.789. The third-order valence-electron chi connectivity index (χ3n) is 4.60. The van der Waals surface area contributed by atoms with Gasteiger partial charge in [-0.15, -0.1) is 0 Å². The van der Waals surface area contributed by atoms with Crippen LogP contribution in [0.15, 0.2) is 35.1 Å². The molecule has 6 heteroatoms. The molecule has 6 nitrogen and oxygen atoms in total. The fourth-order valence-corrected chi connectivity index (χ4v) is 3.28. The summed E-state index contributed by atoms with van der Waals surface area (Å²) in [6, 6.07) is 10.3. The van der Waals surface area contributed by atoms with E-state index in [0.717, 1.165) is 12.8 Å². The predicted molar refractivity (Wildman–Crippen MR) is 103 cm³/mol. The molecule has 1 fully saturated rings. The van der Waals surface area contributed by atoms with E-state index >= 15 is 0 Å². The summed E-state index contributed by atoms with van der Waals surface area (Å²) in [4.78, 5) is 28.8. The van der Waals surface area contributed by atoms with Gasteiger partial charge in [0.1, 0.15) is 23.7 Å². The molecule has 0 N–H and O–H groups in total. The first kappa shape index (κ1) is 19.3. The molecule has 2 aromatic rings. The standard InChI is InChI=1S/C21H27N3O3/c1-5-17-20(26)22-19(24(23-17)13-18(25)27-21(2,3)4)16-12-15(16)11-14-9-7-6-8-10-14/h6-10,15-16H,5,11-13H2,1-4H3. The van der Waals surface area contributed by atoms with E-state index in [4.69, 9.17) is 4.74 Å². The van der Waals surface area contributed by atoms with E-state index < -0.39 is 5.60 Å². The Kier molecular flexibility index (Phi) is 5.44. The Labute approximate surface area is 159 Å². The minimum absolute atomic E-state index is 0.0263. The van der Waals surface area contributed by atoms with E-state index in [0.29, 0.717) is 23.9 Å². The number of carbonyl (C=O) groups excluding carboxylic acids is 1. The second kappa shape index (κ2) is 7.62. The first-order chi connectivity index (χ1) is 12.8. The summed E-state index contributed by atoms with van der Waals surface area (Å²) in [5, 5.41) is 4.40. The van der Waals surface area contributed by atoms with Gasteiger partial charge in [0.25, 0.3) is 5.56 Å². The first-order valence-electron chi connectivity index (χ1n) is 9.50. The molecular weight excluding hydrogens is 342 g/mol. The molecule has 1 aliphatic rings. The Morgan fingerprint density at radius 1 is 1.26 bits per heavy atom. The average molecular weight is 369 g/mol. The van der Waals surface area contributed by atoms with Crippen molar-refractivity contribution < 1.29 is 9.53 Å². The maximum absolute atomic E-state index is 12.3. The van der Waals surface area contributed by atoms with Crippen molar-refractivity contribution in [1.82, 2.24) is 14.8 Å². The lowest BCUT2D eigenvalue weighted by Gasteiger charge is -2.20. The third-order valence-corrected chi connectivity index (χ3v) is 4.60. The molecule has 0 bridgehead atoms. The Bertz CT molecular complexity index is 868. The number of carbonyl (C=O) groups is 1. The maximum atomic E-state index is 12.3. The van der Waals surface area contributed by atoms with Crippen LogP contribution in [0.4, 0.5) is 0 Å². The zero-order valence-corrected chi connectivity index (χ0v) is 16.4. The van der Waals surface area contributed by atoms with Gasteiger partial charge in [0, 0.05) is 5.92 Å². The van der Waals surface area contributed by atoms with Crippen molar-refractivity contribution in [1.29, 1.82) is 0 Å². The van der Waals surface area contributed by atoms with Gasteiger partial charge in [-0.05, 0) is 51.5 Å². The average Bonchev–Trinajstić information content (AvgIpc) is 3.34. The molecule has 2 atom stereocenters. The normalized spacial score (nSPS) is 19.0. The van der Waals surface area contributed by atoms with Crippen LogP contribution in [0, 0.1) is 5.92 Å². The molecule has 1 saturated carbocycles. The molecule has 0 aliphatic heterocycles. The SMILES string of the molecule is CCc1nn(CC(=O)OC(C)(C)C)c(C2CC2Cc2ccccc2)nc1=O. The summed E-state index contributed by atoms with van der Waals surface area (Å²) in [6.45, 7) is 7.32. The van der Waals surface area contributed by atoms with Gasteiger partial charge in [-0.3, -0.25) is 9.59 Å². The van der Waals surface area contributed by atoms with Gasteiger partial charge in [-0.1, -0.05) is 37.3 Å². The maximum Gasteiger partial charge on any atom is 0.328 e. The van der Waals surface area contributed by atoms with E-state index in [1.807, 2.05) is 45.9 Å². The second-order valence-electron chi connectivity index (χ2n) is 8.11. The second-order valence-corrected chi connectivity index (χ2v) is 8.11. The highest BCUT2D eigenvalue weighted by Crippen LogP contribution is 2.48. The molecule has 27 heavy (non-hydrogen) atoms. The summed E-state index contributed by atoms with van der Waals surface area (Å²) >= 11 is 0. The molecule has 2 unspecified atom stereocenters. The highest BCUT2D eigenvalue weighted by atomic mass is 16.6. The molecular formula is C21H27N3O3. The zero-order chi connectivity index (χ0) is 19.6. The van der Waals surface area contributed by atoms with Crippen LogP contribution in [0.1, 0.15) is 57.1 Å². The molecule has 1 aliphatic carbocycles. The van der Waals surface area contributed by atoms with Crippen molar-refractivity contribution in [3.8, 4) is 0 Å². The number of hydrogen-bond acceptors (Lipinski definition) is 5. The first-order valence-corrected chi connectivity index (χ1v) is 9.50. The van der Waals surface area contributed by atoms with E-state index in [2.05, 4.69) is 22.2 Å². The van der Waals surface area contributed by atoms with E-state index in [1.165, 1.54) is 5.56 Å². The minimum atomic E-state index is -0.563. The van der Waals surface area contributed by atoms with Crippen LogP contribution in [0.5, 0.6) is 0 Å². The van der Waals surface area contributed by atoms with Crippen molar-refractivity contribution >= 4 is 5.97 Å². The lowest BCUT2D eigenvalue weighted by molar-refractivity contribution is -0.155. The summed E-state index contributed by atoms with van der Waals surface area (Å²) in [7, 11) is 0. The van der Waals surface area contributed by atoms with Gasteiger partial charge in [-0.2, -0.15) is 10.1 Å². The van der Waals surface area contributed by atoms with Crippen molar-refractivity contribution in [3.05, 3.63) is 57.8 Å². The highest BCUT2D eigenvalue weighted by Gasteiger charge is 2.42. The molecule has 0 saturated heterocycles. The third kappa shape index (κ3) is 5.02. The van der Waals surface area contributed by atoms with Gasteiger partial charge in [0.15, 0.2) is 0 Å². The van der Waals surface area contributed by atoms with Crippen LogP contribution in [-0.4, -0.2) is 26.3 Å². The minimum Gasteiger partial charge on any atom is -0.459 e. The summed E-state index contributed by atoms with van der Waals surface area (Å²) in [6.07, 6.45) is 2.37. The molecule has 0 spiro atoms. The highest BCUT2D eigenvalue weighted by molar-refractivity contribution is 5.69. The van der Waals surface area contributed by atoms with Gasteiger partial charge in [0.05, 0.1) is 0 Å². The van der Waals surface area contributed by atoms with Crippen LogP contribution in [0.25, 0.3) is 0 Å².